The number of halogens is 1. The molecule has 0 aromatic heterocycles. The predicted octanol–water partition coefficient (Wildman–Crippen LogP) is 5.75. The Morgan fingerprint density at radius 1 is 0.938 bits per heavy atom. The van der Waals surface area contributed by atoms with Crippen LogP contribution in [0.1, 0.15) is 38.8 Å². The third-order valence-corrected chi connectivity index (χ3v) is 5.72. The Kier molecular flexibility index (Phi) is 5.95. The average Bonchev–Trinajstić information content (AvgIpc) is 2.74. The molecule has 0 aliphatic carbocycles. The second-order valence-electron chi connectivity index (χ2n) is 8.21. The molecule has 0 fully saturated rings. The minimum atomic E-state index is -0.281. The van der Waals surface area contributed by atoms with Crippen molar-refractivity contribution in [2.45, 2.75) is 39.3 Å². The zero-order valence-electron chi connectivity index (χ0n) is 18.4. The fourth-order valence-corrected chi connectivity index (χ4v) is 4.39. The van der Waals surface area contributed by atoms with Crippen molar-refractivity contribution in [2.24, 2.45) is 0 Å². The summed E-state index contributed by atoms with van der Waals surface area (Å²) in [6.45, 7) is 5.10. The molecule has 0 saturated carbocycles. The van der Waals surface area contributed by atoms with Gasteiger partial charge >= 0.3 is 0 Å². The van der Waals surface area contributed by atoms with Crippen molar-refractivity contribution >= 4 is 28.9 Å². The number of hydrogen-bond acceptors (Lipinski definition) is 3. The van der Waals surface area contributed by atoms with E-state index in [0.29, 0.717) is 0 Å². The average molecular weight is 432 g/mol. The molecule has 2 unspecified atom stereocenters. The van der Waals surface area contributed by atoms with Crippen molar-refractivity contribution in [1.29, 1.82) is 0 Å². The maximum absolute atomic E-state index is 13.4. The minimum absolute atomic E-state index is 0.000567. The van der Waals surface area contributed by atoms with Gasteiger partial charge in [0, 0.05) is 37.0 Å². The molecule has 1 heterocycles. The van der Waals surface area contributed by atoms with Gasteiger partial charge in [-0.1, -0.05) is 18.2 Å². The van der Waals surface area contributed by atoms with E-state index in [9.17, 15) is 14.0 Å². The van der Waals surface area contributed by atoms with Crippen LogP contribution in [0.2, 0.25) is 0 Å². The molecule has 3 aromatic rings. The van der Waals surface area contributed by atoms with Gasteiger partial charge in [-0.3, -0.25) is 9.59 Å². The van der Waals surface area contributed by atoms with Crippen LogP contribution in [-0.4, -0.2) is 17.9 Å². The summed E-state index contributed by atoms with van der Waals surface area (Å²) in [6.07, 6.45) is 0.722. The number of anilines is 3. The van der Waals surface area contributed by atoms with Crippen molar-refractivity contribution in [1.82, 2.24) is 0 Å². The third-order valence-electron chi connectivity index (χ3n) is 5.72. The van der Waals surface area contributed by atoms with Crippen LogP contribution in [0.25, 0.3) is 11.1 Å². The van der Waals surface area contributed by atoms with Crippen LogP contribution in [-0.2, 0) is 9.59 Å². The van der Waals surface area contributed by atoms with E-state index in [4.69, 9.17) is 0 Å². The summed E-state index contributed by atoms with van der Waals surface area (Å²) in [4.78, 5) is 25.7. The van der Waals surface area contributed by atoms with Crippen molar-refractivity contribution in [2.75, 3.05) is 15.5 Å². The second-order valence-corrected chi connectivity index (χ2v) is 8.21. The first-order valence-corrected chi connectivity index (χ1v) is 10.7. The summed E-state index contributed by atoms with van der Waals surface area (Å²) >= 11 is 0. The van der Waals surface area contributed by atoms with Gasteiger partial charge in [-0.15, -0.1) is 0 Å². The van der Waals surface area contributed by atoms with Crippen molar-refractivity contribution in [3.8, 4) is 11.1 Å². The topological polar surface area (TPSA) is 61.4 Å². The number of rotatable bonds is 4. The molecule has 32 heavy (non-hydrogen) atoms. The van der Waals surface area contributed by atoms with Crippen molar-refractivity contribution in [3.05, 3.63) is 78.1 Å². The number of fused-ring (bicyclic) bond motifs is 1. The molecule has 164 valence electrons. The molecule has 0 bridgehead atoms. The Bertz CT molecular complexity index is 1160. The maximum atomic E-state index is 13.4. The van der Waals surface area contributed by atoms with Gasteiger partial charge in [0.25, 0.3) is 0 Å². The highest BCUT2D eigenvalue weighted by molar-refractivity contribution is 5.94. The highest BCUT2D eigenvalue weighted by Gasteiger charge is 2.32. The smallest absolute Gasteiger partial charge is 0.224 e. The first-order chi connectivity index (χ1) is 15.3. The zero-order valence-corrected chi connectivity index (χ0v) is 18.4. The molecule has 2 atom stereocenters. The van der Waals surface area contributed by atoms with E-state index in [2.05, 4.69) is 16.7 Å². The van der Waals surface area contributed by atoms with E-state index < -0.39 is 0 Å². The first kappa shape index (κ1) is 21.6. The standard InChI is InChI=1S/C26H26FN3O2/c1-16-13-25(29-22-10-8-21(27)9-11-22)24-15-20(7-12-26(24)30(16)18(3)32)19-5-4-6-23(14-19)28-17(2)31/h4-12,14-16,25,29H,13H2,1-3H3,(H,28,31). The van der Waals surface area contributed by atoms with Gasteiger partial charge in [0.1, 0.15) is 5.82 Å². The van der Waals surface area contributed by atoms with Crippen molar-refractivity contribution < 1.29 is 14.0 Å². The van der Waals surface area contributed by atoms with Crippen LogP contribution in [0.4, 0.5) is 21.5 Å². The van der Waals surface area contributed by atoms with Gasteiger partial charge in [-0.05, 0) is 78.6 Å². The summed E-state index contributed by atoms with van der Waals surface area (Å²) in [7, 11) is 0. The SMILES string of the molecule is CC(=O)Nc1cccc(-c2ccc3c(c2)C(Nc2ccc(F)cc2)CC(C)N3C(C)=O)c1. The number of amides is 2. The Hall–Kier alpha value is -3.67. The van der Waals surface area contributed by atoms with E-state index >= 15 is 0 Å². The van der Waals surface area contributed by atoms with Gasteiger partial charge in [0.2, 0.25) is 11.8 Å². The fourth-order valence-electron chi connectivity index (χ4n) is 4.39. The lowest BCUT2D eigenvalue weighted by Crippen LogP contribution is -2.43. The van der Waals surface area contributed by atoms with Gasteiger partial charge in [0.15, 0.2) is 0 Å². The Morgan fingerprint density at radius 2 is 1.66 bits per heavy atom. The van der Waals surface area contributed by atoms with E-state index in [1.165, 1.54) is 19.1 Å². The molecule has 4 rings (SSSR count). The summed E-state index contributed by atoms with van der Waals surface area (Å²) in [5.41, 5.74) is 5.38. The molecule has 2 amide bonds. The van der Waals surface area contributed by atoms with Crippen LogP contribution < -0.4 is 15.5 Å². The number of benzene rings is 3. The summed E-state index contributed by atoms with van der Waals surface area (Å²) in [6, 6.07) is 20.0. The van der Waals surface area contributed by atoms with E-state index in [0.717, 1.165) is 40.2 Å². The van der Waals surface area contributed by atoms with Crippen LogP contribution in [0.15, 0.2) is 66.7 Å². The lowest BCUT2D eigenvalue weighted by molar-refractivity contribution is -0.117. The normalized spacial score (nSPS) is 17.4. The number of carbonyl (C=O) groups is 2. The Balaban J connectivity index is 1.75. The molecule has 0 spiro atoms. The van der Waals surface area contributed by atoms with Gasteiger partial charge < -0.3 is 15.5 Å². The van der Waals surface area contributed by atoms with Gasteiger partial charge in [-0.2, -0.15) is 0 Å². The zero-order chi connectivity index (χ0) is 22.8. The lowest BCUT2D eigenvalue weighted by Gasteiger charge is -2.39. The monoisotopic (exact) mass is 431 g/mol. The quantitative estimate of drug-likeness (QED) is 0.553. The maximum Gasteiger partial charge on any atom is 0.224 e. The first-order valence-electron chi connectivity index (χ1n) is 10.7. The van der Waals surface area contributed by atoms with Crippen molar-refractivity contribution in [3.63, 3.8) is 0 Å². The minimum Gasteiger partial charge on any atom is -0.378 e. The Labute approximate surface area is 187 Å². The number of hydrogen-bond donors (Lipinski definition) is 2. The molecule has 0 saturated heterocycles. The molecular weight excluding hydrogens is 405 g/mol. The number of nitrogens with zero attached hydrogens (tertiary/aromatic N) is 1. The largest absolute Gasteiger partial charge is 0.378 e. The van der Waals surface area contributed by atoms with E-state index in [1.54, 1.807) is 19.1 Å². The van der Waals surface area contributed by atoms with Crippen LogP contribution in [0.3, 0.4) is 0 Å². The highest BCUT2D eigenvalue weighted by atomic mass is 19.1. The molecule has 5 nitrogen and oxygen atoms in total. The predicted molar refractivity (Wildman–Crippen MR) is 126 cm³/mol. The molecule has 1 aliphatic heterocycles. The lowest BCUT2D eigenvalue weighted by atomic mass is 9.89. The summed E-state index contributed by atoms with van der Waals surface area (Å²) in [5, 5.41) is 6.32. The molecule has 3 aromatic carbocycles. The highest BCUT2D eigenvalue weighted by Crippen LogP contribution is 2.41. The van der Waals surface area contributed by atoms with Gasteiger partial charge in [-0.25, -0.2) is 4.39 Å². The van der Waals surface area contributed by atoms with E-state index in [-0.39, 0.29) is 29.7 Å². The van der Waals surface area contributed by atoms with E-state index in [1.807, 2.05) is 48.2 Å². The molecule has 6 heteroatoms. The summed E-state index contributed by atoms with van der Waals surface area (Å²) in [5.74, 6) is -0.404. The molecule has 2 N–H and O–H groups in total. The Morgan fingerprint density at radius 3 is 2.34 bits per heavy atom. The molecule has 1 aliphatic rings. The van der Waals surface area contributed by atoms with Gasteiger partial charge in [0.05, 0.1) is 6.04 Å². The second kappa shape index (κ2) is 8.83. The summed E-state index contributed by atoms with van der Waals surface area (Å²) < 4.78 is 13.4. The fraction of sp³-hybridized carbons (Fsp3) is 0.231. The van der Waals surface area contributed by atoms with Crippen LogP contribution >= 0.6 is 0 Å². The number of carbonyl (C=O) groups excluding carboxylic acids is 2. The molecular formula is C26H26FN3O2. The number of nitrogens with one attached hydrogen (secondary N) is 2. The van der Waals surface area contributed by atoms with Crippen LogP contribution in [0.5, 0.6) is 0 Å². The van der Waals surface area contributed by atoms with Crippen LogP contribution in [0, 0.1) is 5.82 Å². The third kappa shape index (κ3) is 4.49. The molecule has 0 radical (unpaired) electrons.